The predicted molar refractivity (Wildman–Crippen MR) is 53.4 cm³/mol. The molecule has 2 radical (unpaired) electrons. The third-order valence-electron chi connectivity index (χ3n) is 1.69. The summed E-state index contributed by atoms with van der Waals surface area (Å²) in [7, 11) is 7.30. The Labute approximate surface area is 98.5 Å². The van der Waals surface area contributed by atoms with Crippen LogP contribution in [0.2, 0.25) is 0 Å². The maximum absolute atomic E-state index is 11.2. The van der Waals surface area contributed by atoms with Crippen molar-refractivity contribution in [3.05, 3.63) is 0 Å². The number of hydrogen-bond acceptors (Lipinski definition) is 7. The number of carbonyl (C=O) groups is 3. The highest BCUT2D eigenvalue weighted by Crippen LogP contribution is 2.17. The van der Waals surface area contributed by atoms with E-state index < -0.39 is 36.4 Å². The molecule has 0 spiro atoms. The quantitative estimate of drug-likeness (QED) is 0.417. The van der Waals surface area contributed by atoms with E-state index in [2.05, 4.69) is 17.5 Å². The summed E-state index contributed by atoms with van der Waals surface area (Å²) < 4.78 is 3.73. The average molecular weight is 245 g/mol. The van der Waals surface area contributed by atoms with E-state index in [1.165, 1.54) is 14.1 Å². The van der Waals surface area contributed by atoms with E-state index in [-0.39, 0.29) is 0 Å². The lowest BCUT2D eigenvalue weighted by Gasteiger charge is -2.21. The number of nitrogens with zero attached hydrogens (tertiary/aromatic N) is 1. The standard InChI is InChI=1S/C8H12BNO7/c1-10(2)17-6(12)4-8(15,7(13)14)3-5(11)16-9/h15H,3-4H2,1-2H3,(H,13,14). The molecule has 2 N–H and O–H groups in total. The molecule has 0 saturated heterocycles. The number of aliphatic hydroxyl groups is 1. The zero-order valence-electron chi connectivity index (χ0n) is 9.37. The molecule has 0 aliphatic carbocycles. The van der Waals surface area contributed by atoms with Crippen molar-refractivity contribution < 1.29 is 34.1 Å². The molecule has 0 aromatic rings. The van der Waals surface area contributed by atoms with Crippen molar-refractivity contribution in [2.75, 3.05) is 14.1 Å². The Hall–Kier alpha value is -1.61. The molecule has 1 atom stereocenters. The Morgan fingerprint density at radius 1 is 1.24 bits per heavy atom. The summed E-state index contributed by atoms with van der Waals surface area (Å²) in [5.41, 5.74) is -2.61. The van der Waals surface area contributed by atoms with Crippen LogP contribution >= 0.6 is 0 Å². The maximum atomic E-state index is 11.2. The van der Waals surface area contributed by atoms with Gasteiger partial charge in [-0.05, 0) is 0 Å². The summed E-state index contributed by atoms with van der Waals surface area (Å²) in [5.74, 6) is -3.92. The van der Waals surface area contributed by atoms with Crippen molar-refractivity contribution in [3.8, 4) is 0 Å². The monoisotopic (exact) mass is 245 g/mol. The number of carboxylic acids is 1. The topological polar surface area (TPSA) is 113 Å². The smallest absolute Gasteiger partial charge is 0.378 e. The molecule has 0 aliphatic rings. The molecular weight excluding hydrogens is 233 g/mol. The van der Waals surface area contributed by atoms with Crippen LogP contribution in [0.15, 0.2) is 0 Å². The summed E-state index contributed by atoms with van der Waals surface area (Å²) in [6.45, 7) is 0. The fourth-order valence-electron chi connectivity index (χ4n) is 0.969. The van der Waals surface area contributed by atoms with E-state index in [4.69, 9.17) is 5.11 Å². The molecule has 17 heavy (non-hydrogen) atoms. The summed E-state index contributed by atoms with van der Waals surface area (Å²) in [6, 6.07) is 0. The molecule has 0 aromatic carbocycles. The largest absolute Gasteiger partial charge is 0.543 e. The number of rotatable bonds is 6. The number of hydroxylamine groups is 2. The lowest BCUT2D eigenvalue weighted by Crippen LogP contribution is -2.44. The van der Waals surface area contributed by atoms with Gasteiger partial charge in [0.2, 0.25) is 0 Å². The van der Waals surface area contributed by atoms with Crippen molar-refractivity contribution in [1.82, 2.24) is 5.06 Å². The number of aliphatic carboxylic acids is 1. The highest BCUT2D eigenvalue weighted by atomic mass is 16.7. The lowest BCUT2D eigenvalue weighted by atomic mass is 9.96. The minimum atomic E-state index is -2.61. The third-order valence-corrected chi connectivity index (χ3v) is 1.69. The Bertz CT molecular complexity index is 319. The molecule has 0 heterocycles. The first kappa shape index (κ1) is 15.4. The molecule has 0 aliphatic heterocycles. The zero-order chi connectivity index (χ0) is 13.6. The van der Waals surface area contributed by atoms with Crippen LogP contribution in [0, 0.1) is 0 Å². The van der Waals surface area contributed by atoms with E-state index in [0.29, 0.717) is 0 Å². The van der Waals surface area contributed by atoms with Gasteiger partial charge in [-0.1, -0.05) is 0 Å². The van der Waals surface area contributed by atoms with Crippen LogP contribution in [0.3, 0.4) is 0 Å². The average Bonchev–Trinajstić information content (AvgIpc) is 2.15. The van der Waals surface area contributed by atoms with Gasteiger partial charge in [0, 0.05) is 14.1 Å². The molecule has 0 saturated carbocycles. The second-order valence-corrected chi connectivity index (χ2v) is 3.46. The Kier molecular flexibility index (Phi) is 5.62. The highest BCUT2D eigenvalue weighted by molar-refractivity contribution is 6.06. The minimum Gasteiger partial charge on any atom is -0.543 e. The van der Waals surface area contributed by atoms with Crippen molar-refractivity contribution in [3.63, 3.8) is 0 Å². The SMILES string of the molecule is [B]OC(=O)CC(O)(CC(=O)ON(C)C)C(=O)O. The summed E-state index contributed by atoms with van der Waals surface area (Å²) >= 11 is 0. The molecule has 94 valence electrons. The van der Waals surface area contributed by atoms with Gasteiger partial charge in [0.25, 0.3) is 5.97 Å². The second kappa shape index (κ2) is 6.21. The number of hydrogen-bond donors (Lipinski definition) is 2. The first-order chi connectivity index (χ1) is 7.71. The molecular formula is C8H12BNO7. The van der Waals surface area contributed by atoms with Crippen molar-refractivity contribution in [1.29, 1.82) is 0 Å². The van der Waals surface area contributed by atoms with Gasteiger partial charge >= 0.3 is 20.0 Å². The first-order valence-corrected chi connectivity index (χ1v) is 4.44. The van der Waals surface area contributed by atoms with Crippen LogP contribution in [0.1, 0.15) is 12.8 Å². The van der Waals surface area contributed by atoms with Crippen LogP contribution in [0.25, 0.3) is 0 Å². The van der Waals surface area contributed by atoms with E-state index in [0.717, 1.165) is 5.06 Å². The van der Waals surface area contributed by atoms with Gasteiger partial charge in [0.1, 0.15) is 0 Å². The van der Waals surface area contributed by atoms with Gasteiger partial charge in [-0.25, -0.2) is 4.79 Å². The van der Waals surface area contributed by atoms with Gasteiger partial charge in [-0.2, -0.15) is 0 Å². The van der Waals surface area contributed by atoms with Crippen LogP contribution in [0.4, 0.5) is 0 Å². The van der Waals surface area contributed by atoms with E-state index in [1.807, 2.05) is 0 Å². The van der Waals surface area contributed by atoms with Gasteiger partial charge in [-0.3, -0.25) is 9.59 Å². The summed E-state index contributed by atoms with van der Waals surface area (Å²) in [6.07, 6.45) is -1.86. The molecule has 9 heteroatoms. The summed E-state index contributed by atoms with van der Waals surface area (Å²) in [4.78, 5) is 37.2. The number of carbonyl (C=O) groups excluding carboxylic acids is 2. The normalized spacial score (nSPS) is 13.9. The van der Waals surface area contributed by atoms with Crippen LogP contribution in [-0.4, -0.2) is 60.9 Å². The molecule has 0 amide bonds. The molecule has 0 aromatic heterocycles. The molecule has 0 bridgehead atoms. The van der Waals surface area contributed by atoms with Gasteiger partial charge in [0.05, 0.1) is 12.8 Å². The van der Waals surface area contributed by atoms with E-state index in [9.17, 15) is 19.5 Å². The van der Waals surface area contributed by atoms with Crippen molar-refractivity contribution in [2.45, 2.75) is 18.4 Å². The van der Waals surface area contributed by atoms with Gasteiger partial charge in [0.15, 0.2) is 5.60 Å². The van der Waals surface area contributed by atoms with Crippen LogP contribution in [0.5, 0.6) is 0 Å². The van der Waals surface area contributed by atoms with E-state index in [1.54, 1.807) is 0 Å². The van der Waals surface area contributed by atoms with Crippen LogP contribution < -0.4 is 0 Å². The molecule has 0 fully saturated rings. The fourth-order valence-corrected chi connectivity index (χ4v) is 0.969. The maximum Gasteiger partial charge on any atom is 0.378 e. The first-order valence-electron chi connectivity index (χ1n) is 4.44. The second-order valence-electron chi connectivity index (χ2n) is 3.46. The Morgan fingerprint density at radius 3 is 2.06 bits per heavy atom. The minimum absolute atomic E-state index is 0.907. The fraction of sp³-hybridized carbons (Fsp3) is 0.625. The van der Waals surface area contributed by atoms with E-state index >= 15 is 0 Å². The molecule has 8 nitrogen and oxygen atoms in total. The zero-order valence-corrected chi connectivity index (χ0v) is 9.37. The third kappa shape index (κ3) is 5.32. The molecule has 0 rings (SSSR count). The molecule has 1 unspecified atom stereocenters. The summed E-state index contributed by atoms with van der Waals surface area (Å²) in [5, 5.41) is 19.4. The Balaban J connectivity index is 4.67. The predicted octanol–water partition coefficient (Wildman–Crippen LogP) is -1.77. The van der Waals surface area contributed by atoms with Crippen molar-refractivity contribution >= 4 is 26.0 Å². The highest BCUT2D eigenvalue weighted by Gasteiger charge is 2.41. The number of carboxylic acid groups (broad SMARTS) is 1. The van der Waals surface area contributed by atoms with Crippen molar-refractivity contribution in [2.24, 2.45) is 0 Å². The Morgan fingerprint density at radius 2 is 1.71 bits per heavy atom. The van der Waals surface area contributed by atoms with Crippen LogP contribution in [-0.2, 0) is 23.9 Å². The lowest BCUT2D eigenvalue weighted by molar-refractivity contribution is -0.189. The van der Waals surface area contributed by atoms with Gasteiger partial charge < -0.3 is 19.7 Å². The van der Waals surface area contributed by atoms with Gasteiger partial charge in [-0.15, -0.1) is 5.06 Å².